The van der Waals surface area contributed by atoms with E-state index in [2.05, 4.69) is 59.6 Å². The van der Waals surface area contributed by atoms with E-state index in [0.717, 1.165) is 59.3 Å². The van der Waals surface area contributed by atoms with Crippen molar-refractivity contribution in [3.8, 4) is 33.6 Å². The van der Waals surface area contributed by atoms with Gasteiger partial charge in [0.2, 0.25) is 11.8 Å². The summed E-state index contributed by atoms with van der Waals surface area (Å²) in [6.07, 6.45) is 4.87. The lowest BCUT2D eigenvalue weighted by atomic mass is 9.85. The normalized spacial score (nSPS) is 18.6. The van der Waals surface area contributed by atoms with Crippen LogP contribution in [0.2, 0.25) is 0 Å². The quantitative estimate of drug-likeness (QED) is 0.142. The van der Waals surface area contributed by atoms with Crippen LogP contribution in [0.3, 0.4) is 0 Å². The Morgan fingerprint density at radius 3 is 1.63 bits per heavy atom. The number of aromatic amines is 2. The molecular formula is C38H46N8O6. The summed E-state index contributed by atoms with van der Waals surface area (Å²) in [7, 11) is 1.27. The van der Waals surface area contributed by atoms with E-state index < -0.39 is 29.7 Å². The fraction of sp³-hybridized carbons (Fsp3) is 0.421. The molecule has 4 atom stereocenters. The van der Waals surface area contributed by atoms with Crippen molar-refractivity contribution < 1.29 is 29.0 Å². The van der Waals surface area contributed by atoms with Crippen LogP contribution < -0.4 is 10.6 Å². The van der Waals surface area contributed by atoms with Crippen molar-refractivity contribution >= 4 is 24.0 Å². The number of amides is 4. The Hall–Kier alpha value is -5.66. The highest BCUT2D eigenvalue weighted by atomic mass is 16.5. The average molecular weight is 711 g/mol. The number of H-pyrrole nitrogens is 2. The maximum absolute atomic E-state index is 13.5. The van der Waals surface area contributed by atoms with E-state index in [1.165, 1.54) is 7.11 Å². The number of hydrogen-bond acceptors (Lipinski definition) is 7. The minimum absolute atomic E-state index is 0.178. The van der Waals surface area contributed by atoms with Crippen LogP contribution >= 0.6 is 0 Å². The maximum atomic E-state index is 13.5. The number of imidazole rings is 2. The second-order valence-corrected chi connectivity index (χ2v) is 14.5. The number of carboxylic acid groups (broad SMARTS) is 1. The minimum atomic E-state index is -1.22. The Labute approximate surface area is 302 Å². The first-order chi connectivity index (χ1) is 24.8. The summed E-state index contributed by atoms with van der Waals surface area (Å²) in [6, 6.07) is 14.3. The first-order valence-electron chi connectivity index (χ1n) is 17.6. The van der Waals surface area contributed by atoms with Gasteiger partial charge in [-0.2, -0.15) is 0 Å². The molecule has 2 aliphatic heterocycles. The SMILES string of the molecule is COC(=O)N[C@@H](C)C(=O)N1CCC[C@H]1c1ncc(-c2ccc(-c3ccc(-c4cnc([C@@H]5CCCN5C(=O)[C@@H](NC(=O)O)C(C)(C)C)[nH]4)cc3)cc2)[nH]1. The van der Waals surface area contributed by atoms with Crippen LogP contribution in [0.15, 0.2) is 60.9 Å². The van der Waals surface area contributed by atoms with Crippen molar-refractivity contribution in [1.82, 2.24) is 40.4 Å². The summed E-state index contributed by atoms with van der Waals surface area (Å²) < 4.78 is 4.64. The summed E-state index contributed by atoms with van der Waals surface area (Å²) in [4.78, 5) is 69.3. The summed E-state index contributed by atoms with van der Waals surface area (Å²) in [5, 5.41) is 14.3. The van der Waals surface area contributed by atoms with Gasteiger partial charge in [-0.15, -0.1) is 0 Å². The van der Waals surface area contributed by atoms with Gasteiger partial charge >= 0.3 is 12.2 Å². The number of benzene rings is 2. The molecule has 0 saturated carbocycles. The topological polar surface area (TPSA) is 186 Å². The van der Waals surface area contributed by atoms with Crippen molar-refractivity contribution in [3.05, 3.63) is 72.6 Å². The molecule has 52 heavy (non-hydrogen) atoms. The highest BCUT2D eigenvalue weighted by Crippen LogP contribution is 2.35. The molecule has 4 aromatic rings. The molecule has 4 amide bonds. The van der Waals surface area contributed by atoms with Crippen LogP contribution in [-0.2, 0) is 14.3 Å². The molecule has 2 aliphatic rings. The van der Waals surface area contributed by atoms with Gasteiger partial charge in [-0.25, -0.2) is 19.6 Å². The predicted octanol–water partition coefficient (Wildman–Crippen LogP) is 5.89. The van der Waals surface area contributed by atoms with E-state index in [-0.39, 0.29) is 23.9 Å². The number of rotatable bonds is 9. The number of hydrogen-bond donors (Lipinski definition) is 5. The molecule has 0 aliphatic carbocycles. The van der Waals surface area contributed by atoms with Crippen LogP contribution in [0.5, 0.6) is 0 Å². The Kier molecular flexibility index (Phi) is 10.4. The number of nitrogens with zero attached hydrogens (tertiary/aromatic N) is 4. The van der Waals surface area contributed by atoms with Gasteiger partial charge in [0.05, 0.1) is 43.0 Å². The van der Waals surface area contributed by atoms with Gasteiger partial charge in [-0.3, -0.25) is 9.59 Å². The fourth-order valence-corrected chi connectivity index (χ4v) is 7.10. The molecule has 5 N–H and O–H groups in total. The molecule has 4 heterocycles. The maximum Gasteiger partial charge on any atom is 0.407 e. The van der Waals surface area contributed by atoms with Crippen molar-refractivity contribution in [2.75, 3.05) is 20.2 Å². The molecule has 14 heteroatoms. The molecule has 2 saturated heterocycles. The van der Waals surface area contributed by atoms with Crippen molar-refractivity contribution in [2.45, 2.75) is 77.5 Å². The first kappa shape index (κ1) is 36.1. The molecule has 14 nitrogen and oxygen atoms in total. The zero-order chi connectivity index (χ0) is 37.2. The van der Waals surface area contributed by atoms with Crippen LogP contribution in [0.4, 0.5) is 9.59 Å². The smallest absolute Gasteiger partial charge is 0.407 e. The van der Waals surface area contributed by atoms with Crippen LogP contribution in [0.25, 0.3) is 33.6 Å². The van der Waals surface area contributed by atoms with E-state index >= 15 is 0 Å². The Balaban J connectivity index is 1.11. The first-order valence-corrected chi connectivity index (χ1v) is 17.6. The molecule has 0 unspecified atom stereocenters. The number of ether oxygens (including phenoxy) is 1. The molecule has 6 rings (SSSR count). The van der Waals surface area contributed by atoms with E-state index in [9.17, 15) is 24.3 Å². The molecule has 2 aromatic carbocycles. The van der Waals surface area contributed by atoms with E-state index in [1.54, 1.807) is 29.1 Å². The second kappa shape index (κ2) is 14.9. The molecular weight excluding hydrogens is 664 g/mol. The molecule has 0 spiro atoms. The number of likely N-dealkylation sites (tertiary alicyclic amines) is 2. The van der Waals surface area contributed by atoms with Gasteiger partial charge in [0.25, 0.3) is 0 Å². The largest absolute Gasteiger partial charge is 0.465 e. The lowest BCUT2D eigenvalue weighted by Gasteiger charge is -2.34. The van der Waals surface area contributed by atoms with Crippen LogP contribution in [0, 0.1) is 5.41 Å². The number of alkyl carbamates (subject to hydrolysis) is 1. The number of carbonyl (C=O) groups is 4. The number of nitrogens with one attached hydrogen (secondary N) is 4. The standard InChI is InChI=1S/C38H46N8O6/c1-22(41-37(51)52-5)34(47)45-18-6-8-29(45)32-39-20-27(42-32)25-14-10-23(11-15-25)24-12-16-26(17-13-24)28-21-40-33(43-28)30-9-7-19-46(30)35(48)31(38(2,3)4)44-36(49)50/h10-17,20-22,29-31,44H,6-9,18-19H2,1-5H3,(H,39,42)(H,40,43)(H,41,51)(H,49,50)/t22-,29-,30-,31+/m0/s1. The van der Waals surface area contributed by atoms with Gasteiger partial charge in [0, 0.05) is 13.1 Å². The summed E-state index contributed by atoms with van der Waals surface area (Å²) in [5.41, 5.74) is 5.10. The zero-order valence-corrected chi connectivity index (χ0v) is 30.1. The van der Waals surface area contributed by atoms with Crippen molar-refractivity contribution in [1.29, 1.82) is 0 Å². The molecule has 0 radical (unpaired) electrons. The van der Waals surface area contributed by atoms with Gasteiger partial charge in [0.1, 0.15) is 23.7 Å². The monoisotopic (exact) mass is 710 g/mol. The lowest BCUT2D eigenvalue weighted by molar-refractivity contribution is -0.137. The fourth-order valence-electron chi connectivity index (χ4n) is 7.10. The van der Waals surface area contributed by atoms with Crippen molar-refractivity contribution in [3.63, 3.8) is 0 Å². The van der Waals surface area contributed by atoms with E-state index in [1.807, 2.05) is 45.0 Å². The summed E-state index contributed by atoms with van der Waals surface area (Å²) in [6.45, 7) is 8.33. The Morgan fingerprint density at radius 1 is 0.769 bits per heavy atom. The third-order valence-electron chi connectivity index (χ3n) is 9.89. The second-order valence-electron chi connectivity index (χ2n) is 14.5. The highest BCUT2D eigenvalue weighted by Gasteiger charge is 2.41. The minimum Gasteiger partial charge on any atom is -0.465 e. The van der Waals surface area contributed by atoms with Crippen LogP contribution in [-0.4, -0.2) is 91.1 Å². The Bertz CT molecular complexity index is 1910. The van der Waals surface area contributed by atoms with Gasteiger partial charge in [-0.05, 0) is 60.3 Å². The van der Waals surface area contributed by atoms with Gasteiger partial charge in [0.15, 0.2) is 0 Å². The molecule has 0 bridgehead atoms. The summed E-state index contributed by atoms with van der Waals surface area (Å²) >= 11 is 0. The number of carbonyl (C=O) groups excluding carboxylic acids is 3. The molecule has 274 valence electrons. The van der Waals surface area contributed by atoms with Crippen LogP contribution in [0.1, 0.15) is 77.1 Å². The third kappa shape index (κ3) is 7.65. The van der Waals surface area contributed by atoms with Gasteiger partial charge in [-0.1, -0.05) is 69.3 Å². The predicted molar refractivity (Wildman–Crippen MR) is 194 cm³/mol. The number of aromatic nitrogens is 4. The molecule has 2 aromatic heterocycles. The third-order valence-corrected chi connectivity index (χ3v) is 9.89. The lowest BCUT2D eigenvalue weighted by Crippen LogP contribution is -2.54. The molecule has 2 fully saturated rings. The van der Waals surface area contributed by atoms with Gasteiger partial charge < -0.3 is 40.2 Å². The average Bonchev–Trinajstić information content (AvgIpc) is 3.96. The van der Waals surface area contributed by atoms with Crippen molar-refractivity contribution in [2.24, 2.45) is 5.41 Å². The van der Waals surface area contributed by atoms with E-state index in [0.29, 0.717) is 24.7 Å². The Morgan fingerprint density at radius 2 is 1.21 bits per heavy atom. The zero-order valence-electron chi connectivity index (χ0n) is 30.1. The highest BCUT2D eigenvalue weighted by molar-refractivity contribution is 5.87. The summed E-state index contributed by atoms with van der Waals surface area (Å²) in [5.74, 6) is 0.974. The van der Waals surface area contributed by atoms with E-state index in [4.69, 9.17) is 0 Å². The number of methoxy groups -OCH3 is 1.